The first kappa shape index (κ1) is 41.9. The van der Waals surface area contributed by atoms with E-state index in [0.717, 1.165) is 47.0 Å². The molecule has 9 aromatic rings. The second-order valence-electron chi connectivity index (χ2n) is 17.7. The molecule has 9 rings (SSSR count). The van der Waals surface area contributed by atoms with E-state index in [1.165, 1.54) is 55.6 Å². The Morgan fingerprint density at radius 1 is 0.234 bits per heavy atom. The van der Waals surface area contributed by atoms with Crippen LogP contribution in [0, 0.1) is 11.8 Å². The van der Waals surface area contributed by atoms with Crippen molar-refractivity contribution < 1.29 is 0 Å². The summed E-state index contributed by atoms with van der Waals surface area (Å²) in [5, 5.41) is 0. The highest BCUT2D eigenvalue weighted by molar-refractivity contribution is 5.83. The summed E-state index contributed by atoms with van der Waals surface area (Å²) in [4.78, 5) is 4.71. The molecule has 314 valence electrons. The molecule has 0 aliphatic rings. The normalized spacial score (nSPS) is 11.2. The van der Waals surface area contributed by atoms with E-state index in [1.54, 1.807) is 0 Å². The molecular formula is C62H56N2. The lowest BCUT2D eigenvalue weighted by Gasteiger charge is -2.27. The average Bonchev–Trinajstić information content (AvgIpc) is 3.34. The zero-order valence-electron chi connectivity index (χ0n) is 37.4. The van der Waals surface area contributed by atoms with Gasteiger partial charge in [0.2, 0.25) is 0 Å². The van der Waals surface area contributed by atoms with Gasteiger partial charge in [-0.2, -0.15) is 0 Å². The number of benzene rings is 9. The van der Waals surface area contributed by atoms with Crippen molar-refractivity contribution in [1.29, 1.82) is 0 Å². The molecule has 0 aliphatic carbocycles. The Balaban J connectivity index is 1.01. The predicted octanol–water partition coefficient (Wildman–Crippen LogP) is 17.7. The molecule has 0 aliphatic heterocycles. The maximum Gasteiger partial charge on any atom is 0.0462 e. The topological polar surface area (TPSA) is 6.48 Å². The van der Waals surface area contributed by atoms with Gasteiger partial charge in [-0.25, -0.2) is 0 Å². The van der Waals surface area contributed by atoms with Gasteiger partial charge in [0, 0.05) is 34.1 Å². The Labute approximate surface area is 380 Å². The summed E-state index contributed by atoms with van der Waals surface area (Å²) in [6, 6.07) is 84.0. The number of anilines is 6. The van der Waals surface area contributed by atoms with E-state index in [2.05, 4.69) is 268 Å². The summed E-state index contributed by atoms with van der Waals surface area (Å²) in [5.41, 5.74) is 19.1. The average molecular weight is 829 g/mol. The third-order valence-corrected chi connectivity index (χ3v) is 11.9. The van der Waals surface area contributed by atoms with Gasteiger partial charge < -0.3 is 9.80 Å². The molecule has 0 saturated heterocycles. The van der Waals surface area contributed by atoms with E-state index >= 15 is 0 Å². The predicted molar refractivity (Wildman–Crippen MR) is 275 cm³/mol. The first-order valence-corrected chi connectivity index (χ1v) is 22.7. The quantitative estimate of drug-likeness (QED) is 0.108. The van der Waals surface area contributed by atoms with Crippen LogP contribution in [0.3, 0.4) is 0 Å². The van der Waals surface area contributed by atoms with Gasteiger partial charge in [0.1, 0.15) is 0 Å². The summed E-state index contributed by atoms with van der Waals surface area (Å²) in [5.74, 6) is 1.25. The first-order valence-electron chi connectivity index (χ1n) is 22.7. The molecule has 0 fully saturated rings. The standard InChI is InChI=1S/C62H56N2/c1-45(2)43-47-15-19-51(20-16-47)54-25-37-58(38-26-54)63(57-31-17-48(18-32-57)44-46(3)4)59-39-27-55(28-40-59)56-29-41-62(42-30-56)64(60-33-21-52(22-34-60)49-11-7-5-8-12-49)61-35-23-53(24-36-61)50-13-9-6-10-14-50/h5-42,45-46H,43-44H2,1-4H3. The third-order valence-electron chi connectivity index (χ3n) is 11.9. The van der Waals surface area contributed by atoms with Crippen molar-refractivity contribution in [3.8, 4) is 44.5 Å². The van der Waals surface area contributed by atoms with Crippen LogP contribution in [0.25, 0.3) is 44.5 Å². The largest absolute Gasteiger partial charge is 0.311 e. The summed E-state index contributed by atoms with van der Waals surface area (Å²) >= 11 is 0. The van der Waals surface area contributed by atoms with Crippen molar-refractivity contribution in [2.24, 2.45) is 11.8 Å². The van der Waals surface area contributed by atoms with Crippen molar-refractivity contribution in [3.05, 3.63) is 242 Å². The summed E-state index contributed by atoms with van der Waals surface area (Å²) < 4.78 is 0. The van der Waals surface area contributed by atoms with Gasteiger partial charge in [-0.15, -0.1) is 0 Å². The van der Waals surface area contributed by atoms with Crippen molar-refractivity contribution in [2.45, 2.75) is 40.5 Å². The second-order valence-corrected chi connectivity index (χ2v) is 17.7. The van der Waals surface area contributed by atoms with Crippen LogP contribution in [0.5, 0.6) is 0 Å². The van der Waals surface area contributed by atoms with Gasteiger partial charge in [-0.3, -0.25) is 0 Å². The molecule has 2 heteroatoms. The van der Waals surface area contributed by atoms with E-state index in [0.29, 0.717) is 11.8 Å². The molecule has 0 heterocycles. The molecule has 0 unspecified atom stereocenters. The Hall–Kier alpha value is -7.42. The van der Waals surface area contributed by atoms with Crippen LogP contribution in [-0.2, 0) is 12.8 Å². The number of nitrogens with zero attached hydrogens (tertiary/aromatic N) is 2. The highest BCUT2D eigenvalue weighted by Gasteiger charge is 2.16. The highest BCUT2D eigenvalue weighted by Crippen LogP contribution is 2.40. The van der Waals surface area contributed by atoms with Gasteiger partial charge in [0.05, 0.1) is 0 Å². The molecule has 9 aromatic carbocycles. The zero-order chi connectivity index (χ0) is 43.8. The lowest BCUT2D eigenvalue weighted by Crippen LogP contribution is -2.10. The van der Waals surface area contributed by atoms with Crippen molar-refractivity contribution in [1.82, 2.24) is 0 Å². The van der Waals surface area contributed by atoms with Crippen LogP contribution in [0.2, 0.25) is 0 Å². The van der Waals surface area contributed by atoms with Crippen LogP contribution in [0.1, 0.15) is 38.8 Å². The molecule has 2 nitrogen and oxygen atoms in total. The molecule has 0 radical (unpaired) electrons. The molecule has 0 atom stereocenters. The van der Waals surface area contributed by atoms with Crippen LogP contribution in [-0.4, -0.2) is 0 Å². The Kier molecular flexibility index (Phi) is 12.6. The van der Waals surface area contributed by atoms with Crippen LogP contribution >= 0.6 is 0 Å². The monoisotopic (exact) mass is 828 g/mol. The third kappa shape index (κ3) is 9.78. The lowest BCUT2D eigenvalue weighted by molar-refractivity contribution is 0.647. The Morgan fingerprint density at radius 3 is 0.656 bits per heavy atom. The molecule has 0 spiro atoms. The fourth-order valence-corrected chi connectivity index (χ4v) is 8.73. The molecule has 0 N–H and O–H groups in total. The lowest BCUT2D eigenvalue weighted by atomic mass is 9.99. The number of hydrogen-bond acceptors (Lipinski definition) is 2. The van der Waals surface area contributed by atoms with E-state index in [1.807, 2.05) is 0 Å². The van der Waals surface area contributed by atoms with E-state index in [9.17, 15) is 0 Å². The highest BCUT2D eigenvalue weighted by atomic mass is 15.1. The maximum atomic E-state index is 2.37. The van der Waals surface area contributed by atoms with Crippen molar-refractivity contribution >= 4 is 34.1 Å². The van der Waals surface area contributed by atoms with Crippen LogP contribution < -0.4 is 9.80 Å². The fraction of sp³-hybridized carbons (Fsp3) is 0.129. The van der Waals surface area contributed by atoms with Crippen LogP contribution in [0.4, 0.5) is 34.1 Å². The maximum absolute atomic E-state index is 2.37. The van der Waals surface area contributed by atoms with Crippen LogP contribution in [0.15, 0.2) is 231 Å². The molecule has 0 amide bonds. The summed E-state index contributed by atoms with van der Waals surface area (Å²) in [6.07, 6.45) is 2.17. The number of rotatable bonds is 14. The van der Waals surface area contributed by atoms with Gasteiger partial charge in [0.15, 0.2) is 0 Å². The summed E-state index contributed by atoms with van der Waals surface area (Å²) in [7, 11) is 0. The molecule has 0 aromatic heterocycles. The minimum absolute atomic E-state index is 0.608. The molecular weight excluding hydrogens is 773 g/mol. The van der Waals surface area contributed by atoms with E-state index < -0.39 is 0 Å². The minimum atomic E-state index is 0.608. The van der Waals surface area contributed by atoms with Gasteiger partial charge >= 0.3 is 0 Å². The first-order chi connectivity index (χ1) is 31.3. The van der Waals surface area contributed by atoms with Gasteiger partial charge in [-0.05, 0) is 153 Å². The van der Waals surface area contributed by atoms with Crippen molar-refractivity contribution in [3.63, 3.8) is 0 Å². The SMILES string of the molecule is CC(C)Cc1ccc(-c2ccc(N(c3ccc(CC(C)C)cc3)c3ccc(-c4ccc(N(c5ccc(-c6ccccc6)cc5)c5ccc(-c6ccccc6)cc5)cc4)cc3)cc2)cc1. The van der Waals surface area contributed by atoms with Gasteiger partial charge in [-0.1, -0.05) is 185 Å². The van der Waals surface area contributed by atoms with Crippen molar-refractivity contribution in [2.75, 3.05) is 9.80 Å². The molecule has 0 bridgehead atoms. The van der Waals surface area contributed by atoms with E-state index in [-0.39, 0.29) is 0 Å². The fourth-order valence-electron chi connectivity index (χ4n) is 8.73. The second kappa shape index (κ2) is 19.3. The number of hydrogen-bond donors (Lipinski definition) is 0. The Morgan fingerprint density at radius 2 is 0.422 bits per heavy atom. The minimum Gasteiger partial charge on any atom is -0.311 e. The molecule has 0 saturated carbocycles. The summed E-state index contributed by atoms with van der Waals surface area (Å²) in [6.45, 7) is 9.10. The zero-order valence-corrected chi connectivity index (χ0v) is 37.4. The van der Waals surface area contributed by atoms with Gasteiger partial charge in [0.25, 0.3) is 0 Å². The van der Waals surface area contributed by atoms with E-state index in [4.69, 9.17) is 0 Å². The smallest absolute Gasteiger partial charge is 0.0462 e. The Bertz CT molecular complexity index is 2760. The molecule has 64 heavy (non-hydrogen) atoms.